The lowest BCUT2D eigenvalue weighted by Gasteiger charge is -2.18. The zero-order valence-electron chi connectivity index (χ0n) is 14.0. The standard InChI is InChI=1S/C19H18FNO4/c1-11(2)21-9-16(18(23)19(21)24)17(22)13-8-15(25-10-13)7-12-3-5-14(20)6-4-12/h3-6,8,10-11,22H,7,9H2,1-2H3. The molecule has 2 heterocycles. The van der Waals surface area contributed by atoms with Crippen LogP contribution in [0.5, 0.6) is 0 Å². The average molecular weight is 343 g/mol. The fraction of sp³-hybridized carbons (Fsp3) is 0.263. The number of hydrogen-bond acceptors (Lipinski definition) is 4. The molecule has 1 aliphatic heterocycles. The van der Waals surface area contributed by atoms with Gasteiger partial charge in [0.2, 0.25) is 0 Å². The summed E-state index contributed by atoms with van der Waals surface area (Å²) in [5.41, 5.74) is 1.28. The van der Waals surface area contributed by atoms with Gasteiger partial charge in [-0.05, 0) is 37.6 Å². The van der Waals surface area contributed by atoms with Gasteiger partial charge in [-0.25, -0.2) is 4.39 Å². The van der Waals surface area contributed by atoms with Gasteiger partial charge in [0, 0.05) is 12.5 Å². The molecule has 2 aromatic rings. The summed E-state index contributed by atoms with van der Waals surface area (Å²) in [4.78, 5) is 25.4. The SMILES string of the molecule is CC(C)N1CC(=C(O)c2coc(Cc3ccc(F)cc3)c2)C(=O)C1=O. The van der Waals surface area contributed by atoms with E-state index in [-0.39, 0.29) is 29.7 Å². The maximum absolute atomic E-state index is 12.9. The Kier molecular flexibility index (Phi) is 4.44. The number of hydrogen-bond donors (Lipinski definition) is 1. The highest BCUT2D eigenvalue weighted by Gasteiger charge is 2.38. The van der Waals surface area contributed by atoms with Crippen LogP contribution in [0.2, 0.25) is 0 Å². The first-order chi connectivity index (χ1) is 11.9. The maximum atomic E-state index is 12.9. The largest absolute Gasteiger partial charge is 0.507 e. The van der Waals surface area contributed by atoms with Crippen molar-refractivity contribution in [3.8, 4) is 0 Å². The van der Waals surface area contributed by atoms with Crippen molar-refractivity contribution in [2.45, 2.75) is 26.3 Å². The lowest BCUT2D eigenvalue weighted by atomic mass is 10.1. The number of Topliss-reactive ketones (excluding diaryl/α,β-unsaturated/α-hetero) is 1. The molecule has 0 saturated carbocycles. The Morgan fingerprint density at radius 1 is 1.28 bits per heavy atom. The third-order valence-electron chi connectivity index (χ3n) is 4.19. The molecule has 0 aliphatic carbocycles. The maximum Gasteiger partial charge on any atom is 0.295 e. The van der Waals surface area contributed by atoms with Crippen LogP contribution in [0, 0.1) is 5.82 Å². The number of carbonyl (C=O) groups excluding carboxylic acids is 2. The van der Waals surface area contributed by atoms with Gasteiger partial charge in [0.15, 0.2) is 0 Å². The van der Waals surface area contributed by atoms with Crippen LogP contribution < -0.4 is 0 Å². The third-order valence-corrected chi connectivity index (χ3v) is 4.19. The van der Waals surface area contributed by atoms with E-state index in [0.717, 1.165) is 5.56 Å². The molecule has 1 saturated heterocycles. The predicted molar refractivity (Wildman–Crippen MR) is 89.3 cm³/mol. The van der Waals surface area contributed by atoms with Gasteiger partial charge in [-0.2, -0.15) is 0 Å². The van der Waals surface area contributed by atoms with Crippen LogP contribution in [0.15, 0.2) is 46.6 Å². The molecule has 1 N–H and O–H groups in total. The molecule has 5 nitrogen and oxygen atoms in total. The van der Waals surface area contributed by atoms with Crippen LogP contribution >= 0.6 is 0 Å². The van der Waals surface area contributed by atoms with Crippen LogP contribution in [0.25, 0.3) is 5.76 Å². The second kappa shape index (κ2) is 6.55. The minimum Gasteiger partial charge on any atom is -0.507 e. The van der Waals surface area contributed by atoms with Crippen molar-refractivity contribution in [3.63, 3.8) is 0 Å². The molecule has 1 aromatic heterocycles. The van der Waals surface area contributed by atoms with Crippen molar-refractivity contribution >= 4 is 17.4 Å². The Morgan fingerprint density at radius 3 is 2.56 bits per heavy atom. The number of ketones is 1. The van der Waals surface area contributed by atoms with Gasteiger partial charge < -0.3 is 14.4 Å². The Hall–Kier alpha value is -2.89. The number of nitrogens with zero attached hydrogens (tertiary/aromatic N) is 1. The number of amides is 1. The first-order valence-corrected chi connectivity index (χ1v) is 7.96. The molecular formula is C19H18FNO4. The zero-order chi connectivity index (χ0) is 18.1. The van der Waals surface area contributed by atoms with E-state index in [4.69, 9.17) is 4.42 Å². The molecule has 130 valence electrons. The minimum absolute atomic E-state index is 0.0767. The van der Waals surface area contributed by atoms with E-state index >= 15 is 0 Å². The van der Waals surface area contributed by atoms with Gasteiger partial charge in [-0.3, -0.25) is 9.59 Å². The quantitative estimate of drug-likeness (QED) is 0.526. The van der Waals surface area contributed by atoms with Crippen LogP contribution in [0.4, 0.5) is 4.39 Å². The normalized spacial score (nSPS) is 16.9. The molecule has 6 heteroatoms. The van der Waals surface area contributed by atoms with Crippen molar-refractivity contribution in [1.29, 1.82) is 0 Å². The number of rotatable bonds is 4. The van der Waals surface area contributed by atoms with Crippen LogP contribution in [-0.4, -0.2) is 34.3 Å². The highest BCUT2D eigenvalue weighted by molar-refractivity contribution is 6.46. The fourth-order valence-corrected chi connectivity index (χ4v) is 2.75. The number of carbonyl (C=O) groups is 2. The predicted octanol–water partition coefficient (Wildman–Crippen LogP) is 3.10. The van der Waals surface area contributed by atoms with Gasteiger partial charge in [-0.1, -0.05) is 12.1 Å². The van der Waals surface area contributed by atoms with E-state index in [1.54, 1.807) is 18.2 Å². The first kappa shape index (κ1) is 17.0. The highest BCUT2D eigenvalue weighted by Crippen LogP contribution is 2.26. The van der Waals surface area contributed by atoms with Crippen LogP contribution in [-0.2, 0) is 16.0 Å². The molecule has 0 bridgehead atoms. The minimum atomic E-state index is -0.688. The molecule has 1 amide bonds. The Morgan fingerprint density at radius 2 is 1.96 bits per heavy atom. The fourth-order valence-electron chi connectivity index (χ4n) is 2.75. The molecule has 0 unspecified atom stereocenters. The molecule has 0 atom stereocenters. The average Bonchev–Trinajstić information content (AvgIpc) is 3.15. The number of likely N-dealkylation sites (tertiary alicyclic amines) is 1. The summed E-state index contributed by atoms with van der Waals surface area (Å²) in [5.74, 6) is -1.29. The lowest BCUT2D eigenvalue weighted by molar-refractivity contribution is -0.140. The van der Waals surface area contributed by atoms with Crippen molar-refractivity contribution in [2.24, 2.45) is 0 Å². The monoisotopic (exact) mass is 343 g/mol. The first-order valence-electron chi connectivity index (χ1n) is 7.96. The summed E-state index contributed by atoms with van der Waals surface area (Å²) in [6.07, 6.45) is 1.77. The molecule has 0 spiro atoms. The summed E-state index contributed by atoms with van der Waals surface area (Å²) >= 11 is 0. The third kappa shape index (κ3) is 3.33. The van der Waals surface area contributed by atoms with Crippen molar-refractivity contribution in [2.75, 3.05) is 6.54 Å². The second-order valence-corrected chi connectivity index (χ2v) is 6.29. The van der Waals surface area contributed by atoms with E-state index in [9.17, 15) is 19.1 Å². The van der Waals surface area contributed by atoms with Gasteiger partial charge >= 0.3 is 0 Å². The summed E-state index contributed by atoms with van der Waals surface area (Å²) < 4.78 is 18.4. The number of aliphatic hydroxyl groups excluding tert-OH is 1. The molecule has 0 radical (unpaired) electrons. The summed E-state index contributed by atoms with van der Waals surface area (Å²) in [6, 6.07) is 7.51. The zero-order valence-corrected chi connectivity index (χ0v) is 14.0. The molecule has 1 aliphatic rings. The summed E-state index contributed by atoms with van der Waals surface area (Å²) in [6.45, 7) is 3.70. The molecule has 3 rings (SSSR count). The number of furan rings is 1. The molecule has 1 aromatic carbocycles. The van der Waals surface area contributed by atoms with Crippen LogP contribution in [0.1, 0.15) is 30.7 Å². The molecule has 25 heavy (non-hydrogen) atoms. The molecule has 1 fully saturated rings. The summed E-state index contributed by atoms with van der Waals surface area (Å²) in [7, 11) is 0. The van der Waals surface area contributed by atoms with Crippen molar-refractivity contribution in [3.05, 3.63) is 64.9 Å². The number of aliphatic hydroxyl groups is 1. The Bertz CT molecular complexity index is 849. The lowest BCUT2D eigenvalue weighted by Crippen LogP contribution is -2.33. The van der Waals surface area contributed by atoms with Gasteiger partial charge in [-0.15, -0.1) is 0 Å². The molecular weight excluding hydrogens is 325 g/mol. The summed E-state index contributed by atoms with van der Waals surface area (Å²) in [5, 5.41) is 10.4. The Labute approximate surface area is 144 Å². The van der Waals surface area contributed by atoms with Gasteiger partial charge in [0.25, 0.3) is 11.7 Å². The smallest absolute Gasteiger partial charge is 0.295 e. The van der Waals surface area contributed by atoms with Crippen molar-refractivity contribution in [1.82, 2.24) is 4.90 Å². The number of benzene rings is 1. The van der Waals surface area contributed by atoms with Crippen molar-refractivity contribution < 1.29 is 23.5 Å². The topological polar surface area (TPSA) is 70.8 Å². The number of halogens is 1. The Balaban J connectivity index is 1.83. The van der Waals surface area contributed by atoms with Gasteiger partial charge in [0.05, 0.1) is 17.7 Å². The van der Waals surface area contributed by atoms with Crippen LogP contribution in [0.3, 0.4) is 0 Å². The highest BCUT2D eigenvalue weighted by atomic mass is 19.1. The van der Waals surface area contributed by atoms with Gasteiger partial charge in [0.1, 0.15) is 23.6 Å². The van der Waals surface area contributed by atoms with E-state index < -0.39 is 11.7 Å². The van der Waals surface area contributed by atoms with E-state index in [1.165, 1.54) is 23.3 Å². The van der Waals surface area contributed by atoms with E-state index in [2.05, 4.69) is 0 Å². The van der Waals surface area contributed by atoms with E-state index in [0.29, 0.717) is 17.7 Å². The second-order valence-electron chi connectivity index (χ2n) is 6.29. The van der Waals surface area contributed by atoms with E-state index in [1.807, 2.05) is 13.8 Å².